The summed E-state index contributed by atoms with van der Waals surface area (Å²) in [6.45, 7) is 5.76. The fourth-order valence-corrected chi connectivity index (χ4v) is 2.21. The van der Waals surface area contributed by atoms with Gasteiger partial charge in [-0.05, 0) is 19.4 Å². The summed E-state index contributed by atoms with van der Waals surface area (Å²) in [6.07, 6.45) is 1.94. The Labute approximate surface area is 96.0 Å². The summed E-state index contributed by atoms with van der Waals surface area (Å²) in [7, 11) is 0. The standard InChI is InChI=1S/C11H20N2O3/c1-3-12(8-11(15)16)10-5-4-6-13(7-10)9(2)14/h10H,3-8H2,1-2H3,(H,15,16)/t10-/m0/s1. The van der Waals surface area contributed by atoms with E-state index in [1.54, 1.807) is 11.8 Å². The molecule has 16 heavy (non-hydrogen) atoms. The van der Waals surface area contributed by atoms with Crippen LogP contribution in [0.25, 0.3) is 0 Å². The zero-order valence-corrected chi connectivity index (χ0v) is 9.98. The van der Waals surface area contributed by atoms with Crippen LogP contribution in [0.2, 0.25) is 0 Å². The van der Waals surface area contributed by atoms with Gasteiger partial charge in [-0.1, -0.05) is 6.92 Å². The van der Waals surface area contributed by atoms with Gasteiger partial charge in [-0.3, -0.25) is 14.5 Å². The number of amides is 1. The van der Waals surface area contributed by atoms with Crippen LogP contribution in [0.3, 0.4) is 0 Å². The molecule has 0 aromatic rings. The first-order valence-electron chi connectivity index (χ1n) is 5.76. The minimum absolute atomic E-state index is 0.0624. The molecule has 0 aromatic carbocycles. The Kier molecular flexibility index (Phi) is 4.73. The molecule has 5 nitrogen and oxygen atoms in total. The number of rotatable bonds is 4. The summed E-state index contributed by atoms with van der Waals surface area (Å²) in [4.78, 5) is 25.7. The lowest BCUT2D eigenvalue weighted by Gasteiger charge is -2.37. The third-order valence-corrected chi connectivity index (χ3v) is 3.10. The van der Waals surface area contributed by atoms with Crippen LogP contribution in [0.1, 0.15) is 26.7 Å². The van der Waals surface area contributed by atoms with Crippen LogP contribution in [0, 0.1) is 0 Å². The van der Waals surface area contributed by atoms with E-state index in [0.717, 1.165) is 19.4 Å². The van der Waals surface area contributed by atoms with Crippen LogP contribution in [0.4, 0.5) is 0 Å². The van der Waals surface area contributed by atoms with Crippen molar-refractivity contribution in [2.75, 3.05) is 26.2 Å². The third-order valence-electron chi connectivity index (χ3n) is 3.10. The van der Waals surface area contributed by atoms with Crippen molar-refractivity contribution in [3.05, 3.63) is 0 Å². The predicted molar refractivity (Wildman–Crippen MR) is 60.2 cm³/mol. The highest BCUT2D eigenvalue weighted by Crippen LogP contribution is 2.15. The van der Waals surface area contributed by atoms with Crippen LogP contribution in [0.15, 0.2) is 0 Å². The predicted octanol–water partition coefficient (Wildman–Crippen LogP) is 0.404. The minimum atomic E-state index is -0.804. The van der Waals surface area contributed by atoms with Gasteiger partial charge in [0.15, 0.2) is 0 Å². The topological polar surface area (TPSA) is 60.9 Å². The van der Waals surface area contributed by atoms with Crippen LogP contribution in [-0.4, -0.2) is 59.0 Å². The molecule has 0 aromatic heterocycles. The molecule has 1 N–H and O–H groups in total. The number of likely N-dealkylation sites (tertiary alicyclic amines) is 1. The molecule has 1 aliphatic heterocycles. The Bertz CT molecular complexity index is 268. The van der Waals surface area contributed by atoms with E-state index in [0.29, 0.717) is 13.1 Å². The van der Waals surface area contributed by atoms with Crippen LogP contribution >= 0.6 is 0 Å². The lowest BCUT2D eigenvalue weighted by Crippen LogP contribution is -2.50. The molecule has 92 valence electrons. The molecule has 0 saturated carbocycles. The molecular formula is C11H20N2O3. The third kappa shape index (κ3) is 3.48. The fraction of sp³-hybridized carbons (Fsp3) is 0.818. The number of carboxylic acids is 1. The van der Waals surface area contributed by atoms with E-state index in [1.807, 2.05) is 11.8 Å². The maximum atomic E-state index is 11.3. The number of carboxylic acid groups (broad SMARTS) is 1. The molecule has 1 aliphatic rings. The molecule has 1 heterocycles. The van der Waals surface area contributed by atoms with E-state index in [2.05, 4.69) is 0 Å². The quantitative estimate of drug-likeness (QED) is 0.757. The lowest BCUT2D eigenvalue weighted by atomic mass is 10.0. The molecule has 0 aliphatic carbocycles. The van der Waals surface area contributed by atoms with Gasteiger partial charge in [0, 0.05) is 26.1 Å². The largest absolute Gasteiger partial charge is 0.480 e. The van der Waals surface area contributed by atoms with E-state index in [4.69, 9.17) is 5.11 Å². The zero-order chi connectivity index (χ0) is 12.1. The van der Waals surface area contributed by atoms with Gasteiger partial charge in [0.2, 0.25) is 5.91 Å². The SMILES string of the molecule is CCN(CC(=O)O)[C@H]1CCCN(C(C)=O)C1. The lowest BCUT2D eigenvalue weighted by molar-refractivity contribution is -0.139. The van der Waals surface area contributed by atoms with Gasteiger partial charge in [-0.15, -0.1) is 0 Å². The maximum Gasteiger partial charge on any atom is 0.317 e. The fourth-order valence-electron chi connectivity index (χ4n) is 2.21. The van der Waals surface area contributed by atoms with E-state index in [1.165, 1.54) is 0 Å². The van der Waals surface area contributed by atoms with E-state index >= 15 is 0 Å². The van der Waals surface area contributed by atoms with Crippen LogP contribution in [-0.2, 0) is 9.59 Å². The number of likely N-dealkylation sites (N-methyl/N-ethyl adjacent to an activating group) is 1. The van der Waals surface area contributed by atoms with E-state index < -0.39 is 5.97 Å². The molecule has 5 heteroatoms. The normalized spacial score (nSPS) is 21.2. The summed E-state index contributed by atoms with van der Waals surface area (Å²) in [6, 6.07) is 0.193. The monoisotopic (exact) mass is 228 g/mol. The van der Waals surface area contributed by atoms with Crippen molar-refractivity contribution in [1.82, 2.24) is 9.80 Å². The number of carbonyl (C=O) groups excluding carboxylic acids is 1. The van der Waals surface area contributed by atoms with Gasteiger partial charge in [0.05, 0.1) is 6.54 Å². The van der Waals surface area contributed by atoms with Crippen molar-refractivity contribution in [3.8, 4) is 0 Å². The van der Waals surface area contributed by atoms with Crippen molar-refractivity contribution < 1.29 is 14.7 Å². The Morgan fingerprint density at radius 1 is 1.50 bits per heavy atom. The van der Waals surface area contributed by atoms with Gasteiger partial charge in [-0.2, -0.15) is 0 Å². The smallest absolute Gasteiger partial charge is 0.317 e. The molecule has 0 unspecified atom stereocenters. The first kappa shape index (κ1) is 13.0. The van der Waals surface area contributed by atoms with Gasteiger partial charge >= 0.3 is 5.97 Å². The molecule has 1 amide bonds. The molecular weight excluding hydrogens is 208 g/mol. The Morgan fingerprint density at radius 2 is 2.19 bits per heavy atom. The first-order valence-corrected chi connectivity index (χ1v) is 5.76. The molecule has 1 fully saturated rings. The number of aliphatic carboxylic acids is 1. The Hall–Kier alpha value is -1.10. The van der Waals surface area contributed by atoms with Gasteiger partial charge in [-0.25, -0.2) is 0 Å². The summed E-state index contributed by atoms with van der Waals surface area (Å²) in [5.41, 5.74) is 0. The summed E-state index contributed by atoms with van der Waals surface area (Å²) in [5.74, 6) is -0.724. The Balaban J connectivity index is 2.56. The maximum absolute atomic E-state index is 11.3. The highest BCUT2D eigenvalue weighted by Gasteiger charge is 2.26. The number of piperidine rings is 1. The summed E-state index contributed by atoms with van der Waals surface area (Å²) < 4.78 is 0. The van der Waals surface area contributed by atoms with Crippen molar-refractivity contribution in [3.63, 3.8) is 0 Å². The average molecular weight is 228 g/mol. The second-order valence-electron chi connectivity index (χ2n) is 4.22. The van der Waals surface area contributed by atoms with Crippen LogP contribution < -0.4 is 0 Å². The molecule has 1 rings (SSSR count). The van der Waals surface area contributed by atoms with Gasteiger partial charge < -0.3 is 10.0 Å². The second kappa shape index (κ2) is 5.84. The summed E-state index contributed by atoms with van der Waals surface area (Å²) in [5, 5.41) is 8.80. The molecule has 0 spiro atoms. The Morgan fingerprint density at radius 3 is 2.69 bits per heavy atom. The highest BCUT2D eigenvalue weighted by molar-refractivity contribution is 5.73. The molecule has 0 radical (unpaired) electrons. The first-order chi connectivity index (χ1) is 7.54. The summed E-state index contributed by atoms with van der Waals surface area (Å²) >= 11 is 0. The highest BCUT2D eigenvalue weighted by atomic mass is 16.4. The second-order valence-corrected chi connectivity index (χ2v) is 4.22. The number of nitrogens with zero attached hydrogens (tertiary/aromatic N) is 2. The minimum Gasteiger partial charge on any atom is -0.480 e. The number of hydrogen-bond donors (Lipinski definition) is 1. The van der Waals surface area contributed by atoms with E-state index in [9.17, 15) is 9.59 Å². The van der Waals surface area contributed by atoms with Gasteiger partial charge in [0.1, 0.15) is 0 Å². The number of hydrogen-bond acceptors (Lipinski definition) is 3. The number of carbonyl (C=O) groups is 2. The van der Waals surface area contributed by atoms with Crippen molar-refractivity contribution in [2.24, 2.45) is 0 Å². The molecule has 0 bridgehead atoms. The molecule has 1 atom stereocenters. The van der Waals surface area contributed by atoms with E-state index in [-0.39, 0.29) is 18.5 Å². The average Bonchev–Trinajstić information content (AvgIpc) is 2.25. The molecule has 1 saturated heterocycles. The van der Waals surface area contributed by atoms with Crippen molar-refractivity contribution in [1.29, 1.82) is 0 Å². The van der Waals surface area contributed by atoms with Crippen molar-refractivity contribution >= 4 is 11.9 Å². The zero-order valence-electron chi connectivity index (χ0n) is 9.98. The van der Waals surface area contributed by atoms with Crippen molar-refractivity contribution in [2.45, 2.75) is 32.7 Å². The van der Waals surface area contributed by atoms with Crippen LogP contribution in [0.5, 0.6) is 0 Å². The van der Waals surface area contributed by atoms with Gasteiger partial charge in [0.25, 0.3) is 0 Å².